The Morgan fingerprint density at radius 3 is 2.83 bits per heavy atom. The maximum atomic E-state index is 12.1. The van der Waals surface area contributed by atoms with E-state index in [1.807, 2.05) is 25.1 Å². The third kappa shape index (κ3) is 2.41. The van der Waals surface area contributed by atoms with E-state index in [-0.39, 0.29) is 18.4 Å². The maximum absolute atomic E-state index is 12.1. The lowest BCUT2D eigenvalue weighted by molar-refractivity contribution is -0.130. The monoisotopic (exact) mass is 310 g/mol. The molecule has 96 valence electrons. The number of piperazine rings is 1. The van der Waals surface area contributed by atoms with E-state index in [0.717, 1.165) is 22.1 Å². The van der Waals surface area contributed by atoms with Crippen LogP contribution >= 0.6 is 15.9 Å². The summed E-state index contributed by atoms with van der Waals surface area (Å²) in [7, 11) is 0. The van der Waals surface area contributed by atoms with Crippen LogP contribution in [0.15, 0.2) is 22.7 Å². The van der Waals surface area contributed by atoms with Gasteiger partial charge in [-0.1, -0.05) is 22.9 Å². The molecule has 18 heavy (non-hydrogen) atoms. The van der Waals surface area contributed by atoms with Gasteiger partial charge in [0.1, 0.15) is 12.6 Å². The number of nitrogens with zero attached hydrogens (tertiary/aromatic N) is 1. The van der Waals surface area contributed by atoms with Crippen LogP contribution in [-0.2, 0) is 16.0 Å². The van der Waals surface area contributed by atoms with Crippen molar-refractivity contribution in [1.29, 1.82) is 0 Å². The highest BCUT2D eigenvalue weighted by molar-refractivity contribution is 9.10. The third-order valence-corrected chi connectivity index (χ3v) is 3.52. The minimum Gasteiger partial charge on any atom is -0.343 e. The standard InChI is InChI=1S/C13H15BrN2O2/c1-3-9-6-10(14)4-5-11(9)16-7-12(17)15-8(2)13(16)18/h4-6,8H,3,7H2,1-2H3,(H,15,17). The molecule has 1 fully saturated rings. The summed E-state index contributed by atoms with van der Waals surface area (Å²) in [4.78, 5) is 25.2. The average Bonchev–Trinajstić information content (AvgIpc) is 2.34. The van der Waals surface area contributed by atoms with Crippen LogP contribution in [-0.4, -0.2) is 24.4 Å². The van der Waals surface area contributed by atoms with Crippen molar-refractivity contribution >= 4 is 33.4 Å². The van der Waals surface area contributed by atoms with Crippen LogP contribution < -0.4 is 10.2 Å². The number of aryl methyl sites for hydroxylation is 1. The van der Waals surface area contributed by atoms with Gasteiger partial charge in [0.2, 0.25) is 11.8 Å². The van der Waals surface area contributed by atoms with Gasteiger partial charge in [-0.2, -0.15) is 0 Å². The molecular formula is C13H15BrN2O2. The summed E-state index contributed by atoms with van der Waals surface area (Å²) in [6, 6.07) is 5.30. The van der Waals surface area contributed by atoms with Crippen molar-refractivity contribution in [2.24, 2.45) is 0 Å². The zero-order valence-electron chi connectivity index (χ0n) is 10.4. The molecule has 0 radical (unpaired) electrons. The van der Waals surface area contributed by atoms with Crippen molar-refractivity contribution in [1.82, 2.24) is 5.32 Å². The fraction of sp³-hybridized carbons (Fsp3) is 0.385. The predicted octanol–water partition coefficient (Wildman–Crippen LogP) is 1.86. The number of carbonyl (C=O) groups excluding carboxylic acids is 2. The third-order valence-electron chi connectivity index (χ3n) is 3.03. The van der Waals surface area contributed by atoms with Gasteiger partial charge in [0, 0.05) is 10.2 Å². The van der Waals surface area contributed by atoms with Gasteiger partial charge in [0.25, 0.3) is 0 Å². The van der Waals surface area contributed by atoms with Gasteiger partial charge in [-0.05, 0) is 37.1 Å². The van der Waals surface area contributed by atoms with Gasteiger partial charge in [-0.3, -0.25) is 9.59 Å². The SMILES string of the molecule is CCc1cc(Br)ccc1N1CC(=O)NC(C)C1=O. The van der Waals surface area contributed by atoms with Gasteiger partial charge in [0.15, 0.2) is 0 Å². The highest BCUT2D eigenvalue weighted by atomic mass is 79.9. The van der Waals surface area contributed by atoms with Crippen LogP contribution in [0, 0.1) is 0 Å². The van der Waals surface area contributed by atoms with Crippen molar-refractivity contribution < 1.29 is 9.59 Å². The summed E-state index contributed by atoms with van der Waals surface area (Å²) in [5.41, 5.74) is 1.88. The lowest BCUT2D eigenvalue weighted by Gasteiger charge is -2.32. The second-order valence-corrected chi connectivity index (χ2v) is 5.26. The van der Waals surface area contributed by atoms with Crippen molar-refractivity contribution in [2.75, 3.05) is 11.4 Å². The van der Waals surface area contributed by atoms with Crippen molar-refractivity contribution in [2.45, 2.75) is 26.3 Å². The van der Waals surface area contributed by atoms with Crippen LogP contribution in [0.2, 0.25) is 0 Å². The summed E-state index contributed by atoms with van der Waals surface area (Å²) in [5.74, 6) is -0.182. The summed E-state index contributed by atoms with van der Waals surface area (Å²) >= 11 is 3.42. The largest absolute Gasteiger partial charge is 0.343 e. The highest BCUT2D eigenvalue weighted by Crippen LogP contribution is 2.26. The van der Waals surface area contributed by atoms with E-state index in [1.54, 1.807) is 11.8 Å². The maximum Gasteiger partial charge on any atom is 0.249 e. The number of hydrogen-bond acceptors (Lipinski definition) is 2. The molecule has 2 rings (SSSR count). The fourth-order valence-electron chi connectivity index (χ4n) is 2.11. The smallest absolute Gasteiger partial charge is 0.249 e. The van der Waals surface area contributed by atoms with Crippen LogP contribution in [0.1, 0.15) is 19.4 Å². The number of hydrogen-bond donors (Lipinski definition) is 1. The Kier molecular flexibility index (Phi) is 3.71. The number of rotatable bonds is 2. The Labute approximate surface area is 114 Å². The Balaban J connectivity index is 2.41. The molecule has 0 aliphatic carbocycles. The van der Waals surface area contributed by atoms with E-state index in [4.69, 9.17) is 0 Å². The first-order valence-corrected chi connectivity index (χ1v) is 6.71. The molecular weight excluding hydrogens is 296 g/mol. The quantitative estimate of drug-likeness (QED) is 0.906. The molecule has 1 heterocycles. The fourth-order valence-corrected chi connectivity index (χ4v) is 2.52. The zero-order chi connectivity index (χ0) is 13.3. The van der Waals surface area contributed by atoms with Gasteiger partial charge < -0.3 is 10.2 Å². The molecule has 1 saturated heterocycles. The second kappa shape index (κ2) is 5.10. The average molecular weight is 311 g/mol. The molecule has 0 spiro atoms. The molecule has 1 atom stereocenters. The normalized spacial score (nSPS) is 19.9. The van der Waals surface area contributed by atoms with Crippen LogP contribution in [0.25, 0.3) is 0 Å². The number of amides is 2. The van der Waals surface area contributed by atoms with E-state index >= 15 is 0 Å². The highest BCUT2D eigenvalue weighted by Gasteiger charge is 2.31. The molecule has 0 saturated carbocycles. The molecule has 5 heteroatoms. The zero-order valence-corrected chi connectivity index (χ0v) is 12.0. The summed E-state index contributed by atoms with van der Waals surface area (Å²) in [6.45, 7) is 3.83. The minimum absolute atomic E-state index is 0.0633. The molecule has 4 nitrogen and oxygen atoms in total. The molecule has 1 aliphatic rings. The van der Waals surface area contributed by atoms with Crippen LogP contribution in [0.3, 0.4) is 0 Å². The second-order valence-electron chi connectivity index (χ2n) is 4.34. The molecule has 1 aromatic carbocycles. The molecule has 0 bridgehead atoms. The molecule has 0 aromatic heterocycles. The van der Waals surface area contributed by atoms with Gasteiger partial charge in [-0.15, -0.1) is 0 Å². The van der Waals surface area contributed by atoms with Crippen LogP contribution in [0.4, 0.5) is 5.69 Å². The lowest BCUT2D eigenvalue weighted by atomic mass is 10.1. The number of carbonyl (C=O) groups is 2. The van der Waals surface area contributed by atoms with Crippen LogP contribution in [0.5, 0.6) is 0 Å². The van der Waals surface area contributed by atoms with Gasteiger partial charge in [-0.25, -0.2) is 0 Å². The molecule has 1 aliphatic heterocycles. The number of benzene rings is 1. The summed E-state index contributed by atoms with van der Waals surface area (Å²) < 4.78 is 0.977. The Hall–Kier alpha value is -1.36. The van der Waals surface area contributed by atoms with E-state index < -0.39 is 6.04 Å². The predicted molar refractivity (Wildman–Crippen MR) is 73.5 cm³/mol. The number of halogens is 1. The lowest BCUT2D eigenvalue weighted by Crippen LogP contribution is -2.57. The summed E-state index contributed by atoms with van der Waals surface area (Å²) in [6.07, 6.45) is 0.814. The topological polar surface area (TPSA) is 49.4 Å². The Morgan fingerprint density at radius 1 is 1.44 bits per heavy atom. The summed E-state index contributed by atoms with van der Waals surface area (Å²) in [5, 5.41) is 2.64. The van der Waals surface area contributed by atoms with Crippen molar-refractivity contribution in [3.05, 3.63) is 28.2 Å². The first-order chi connectivity index (χ1) is 8.52. The van der Waals surface area contributed by atoms with Gasteiger partial charge in [0.05, 0.1) is 0 Å². The number of anilines is 1. The Morgan fingerprint density at radius 2 is 2.17 bits per heavy atom. The van der Waals surface area contributed by atoms with Crippen molar-refractivity contribution in [3.63, 3.8) is 0 Å². The van der Waals surface area contributed by atoms with E-state index in [0.29, 0.717) is 0 Å². The van der Waals surface area contributed by atoms with Crippen molar-refractivity contribution in [3.8, 4) is 0 Å². The van der Waals surface area contributed by atoms with E-state index in [1.165, 1.54) is 0 Å². The molecule has 2 amide bonds. The molecule has 1 N–H and O–H groups in total. The number of nitrogens with one attached hydrogen (secondary N) is 1. The Bertz CT molecular complexity index is 502. The van der Waals surface area contributed by atoms with Gasteiger partial charge >= 0.3 is 0 Å². The minimum atomic E-state index is -0.459. The molecule has 1 aromatic rings. The first kappa shape index (κ1) is 13.1. The van der Waals surface area contributed by atoms with E-state index in [9.17, 15) is 9.59 Å². The van der Waals surface area contributed by atoms with E-state index in [2.05, 4.69) is 21.2 Å². The first-order valence-electron chi connectivity index (χ1n) is 5.92. The molecule has 1 unspecified atom stereocenters.